The highest BCUT2D eigenvalue weighted by atomic mass is 19.1. The summed E-state index contributed by atoms with van der Waals surface area (Å²) >= 11 is 0. The molecule has 1 aliphatic heterocycles. The molecule has 1 aromatic carbocycles. The van der Waals surface area contributed by atoms with Gasteiger partial charge in [-0.3, -0.25) is 14.5 Å². The number of hydrogen-bond donors (Lipinski definition) is 2. The molecule has 1 aliphatic rings. The standard InChI is InChI=1S/C19H29FN4O2/c1-19(2,3)22-18(26)17(25)21-13-16(14-5-7-15(20)8-6-14)24-11-9-23(4)10-12-24/h5-8,16H,9-13H2,1-4H3,(H,21,25)(H,22,26)/t16-/m1/s1. The fraction of sp³-hybridized carbons (Fsp3) is 0.579. The van der Waals surface area contributed by atoms with Crippen LogP contribution in [0.15, 0.2) is 24.3 Å². The van der Waals surface area contributed by atoms with Gasteiger partial charge in [0.2, 0.25) is 0 Å². The van der Waals surface area contributed by atoms with Crippen molar-refractivity contribution in [3.8, 4) is 0 Å². The lowest BCUT2D eigenvalue weighted by Crippen LogP contribution is -2.51. The van der Waals surface area contributed by atoms with Gasteiger partial charge in [0.15, 0.2) is 0 Å². The molecule has 6 nitrogen and oxygen atoms in total. The normalized spacial score (nSPS) is 17.6. The van der Waals surface area contributed by atoms with E-state index in [9.17, 15) is 14.0 Å². The number of halogens is 1. The van der Waals surface area contributed by atoms with Crippen LogP contribution in [0, 0.1) is 5.82 Å². The maximum Gasteiger partial charge on any atom is 0.309 e. The predicted molar refractivity (Wildman–Crippen MR) is 99.1 cm³/mol. The summed E-state index contributed by atoms with van der Waals surface area (Å²) < 4.78 is 13.3. The molecule has 0 radical (unpaired) electrons. The zero-order valence-corrected chi connectivity index (χ0v) is 16.0. The van der Waals surface area contributed by atoms with Crippen LogP contribution < -0.4 is 10.6 Å². The highest BCUT2D eigenvalue weighted by Gasteiger charge is 2.26. The van der Waals surface area contributed by atoms with Crippen molar-refractivity contribution in [2.45, 2.75) is 32.4 Å². The number of benzene rings is 1. The van der Waals surface area contributed by atoms with E-state index >= 15 is 0 Å². The van der Waals surface area contributed by atoms with Gasteiger partial charge in [0.1, 0.15) is 5.82 Å². The first kappa shape index (κ1) is 20.3. The maximum absolute atomic E-state index is 13.3. The number of likely N-dealkylation sites (N-methyl/N-ethyl adjacent to an activating group) is 1. The summed E-state index contributed by atoms with van der Waals surface area (Å²) in [6.07, 6.45) is 0. The van der Waals surface area contributed by atoms with E-state index in [-0.39, 0.29) is 11.9 Å². The molecule has 1 atom stereocenters. The summed E-state index contributed by atoms with van der Waals surface area (Å²) in [6.45, 7) is 9.32. The molecule has 2 rings (SSSR count). The van der Waals surface area contributed by atoms with Crippen LogP contribution in [-0.4, -0.2) is 66.9 Å². The Kier molecular flexibility index (Phi) is 6.72. The van der Waals surface area contributed by atoms with Crippen molar-refractivity contribution in [2.24, 2.45) is 0 Å². The largest absolute Gasteiger partial charge is 0.346 e. The van der Waals surface area contributed by atoms with Crippen LogP contribution in [0.2, 0.25) is 0 Å². The average molecular weight is 364 g/mol. The molecule has 0 aliphatic carbocycles. The lowest BCUT2D eigenvalue weighted by molar-refractivity contribution is -0.140. The van der Waals surface area contributed by atoms with Gasteiger partial charge in [-0.05, 0) is 45.5 Å². The number of hydrogen-bond acceptors (Lipinski definition) is 4. The number of rotatable bonds is 4. The minimum Gasteiger partial charge on any atom is -0.346 e. The second-order valence-electron chi connectivity index (χ2n) is 7.82. The van der Waals surface area contributed by atoms with Gasteiger partial charge in [-0.15, -0.1) is 0 Å². The van der Waals surface area contributed by atoms with Crippen molar-refractivity contribution < 1.29 is 14.0 Å². The first-order valence-electron chi connectivity index (χ1n) is 8.94. The molecule has 0 bridgehead atoms. The van der Waals surface area contributed by atoms with Crippen LogP contribution in [0.3, 0.4) is 0 Å². The number of piperazine rings is 1. The smallest absolute Gasteiger partial charge is 0.309 e. The molecule has 26 heavy (non-hydrogen) atoms. The van der Waals surface area contributed by atoms with E-state index in [1.807, 2.05) is 20.8 Å². The number of carbonyl (C=O) groups excluding carboxylic acids is 2. The van der Waals surface area contributed by atoms with Crippen LogP contribution in [0.4, 0.5) is 4.39 Å². The Labute approximate surface area is 154 Å². The third kappa shape index (κ3) is 6.07. The van der Waals surface area contributed by atoms with Crippen molar-refractivity contribution >= 4 is 11.8 Å². The van der Waals surface area contributed by atoms with Gasteiger partial charge in [-0.1, -0.05) is 12.1 Å². The average Bonchev–Trinajstić information content (AvgIpc) is 2.56. The molecule has 1 aromatic rings. The molecular weight excluding hydrogens is 335 g/mol. The van der Waals surface area contributed by atoms with Crippen molar-refractivity contribution in [2.75, 3.05) is 39.8 Å². The Bertz CT molecular complexity index is 619. The molecule has 2 N–H and O–H groups in total. The molecular formula is C19H29FN4O2. The molecule has 0 unspecified atom stereocenters. The summed E-state index contributed by atoms with van der Waals surface area (Å²) in [7, 11) is 2.07. The summed E-state index contributed by atoms with van der Waals surface area (Å²) in [5, 5.41) is 5.38. The molecule has 0 aromatic heterocycles. The Morgan fingerprint density at radius 2 is 1.65 bits per heavy atom. The molecule has 0 spiro atoms. The number of nitrogens with one attached hydrogen (secondary N) is 2. The van der Waals surface area contributed by atoms with Gasteiger partial charge >= 0.3 is 11.8 Å². The number of nitrogens with zero attached hydrogens (tertiary/aromatic N) is 2. The van der Waals surface area contributed by atoms with Crippen LogP contribution in [0.1, 0.15) is 32.4 Å². The highest BCUT2D eigenvalue weighted by Crippen LogP contribution is 2.22. The Balaban J connectivity index is 2.05. The number of amides is 2. The Hall–Kier alpha value is -1.99. The van der Waals surface area contributed by atoms with E-state index < -0.39 is 17.4 Å². The van der Waals surface area contributed by atoms with E-state index in [0.29, 0.717) is 6.54 Å². The third-order valence-electron chi connectivity index (χ3n) is 4.38. The topological polar surface area (TPSA) is 64.7 Å². The van der Waals surface area contributed by atoms with Gasteiger partial charge in [0.05, 0.1) is 6.04 Å². The third-order valence-corrected chi connectivity index (χ3v) is 4.38. The molecule has 0 saturated carbocycles. The first-order valence-corrected chi connectivity index (χ1v) is 8.94. The monoisotopic (exact) mass is 364 g/mol. The van der Waals surface area contributed by atoms with Crippen molar-refractivity contribution in [3.05, 3.63) is 35.6 Å². The fourth-order valence-electron chi connectivity index (χ4n) is 2.94. The van der Waals surface area contributed by atoms with E-state index in [2.05, 4.69) is 27.5 Å². The molecule has 1 heterocycles. The lowest BCUT2D eigenvalue weighted by Gasteiger charge is -2.38. The highest BCUT2D eigenvalue weighted by molar-refractivity contribution is 6.35. The second kappa shape index (κ2) is 8.60. The molecule has 7 heteroatoms. The first-order chi connectivity index (χ1) is 12.2. The minimum atomic E-state index is -0.652. The van der Waals surface area contributed by atoms with Crippen molar-refractivity contribution in [1.82, 2.24) is 20.4 Å². The molecule has 2 amide bonds. The second-order valence-corrected chi connectivity index (χ2v) is 7.82. The number of carbonyl (C=O) groups is 2. The van der Waals surface area contributed by atoms with Crippen molar-refractivity contribution in [1.29, 1.82) is 0 Å². The summed E-state index contributed by atoms with van der Waals surface area (Å²) in [6, 6.07) is 6.22. The van der Waals surface area contributed by atoms with E-state index in [1.54, 1.807) is 12.1 Å². The predicted octanol–water partition coefficient (Wildman–Crippen LogP) is 1.15. The van der Waals surface area contributed by atoms with Crippen LogP contribution >= 0.6 is 0 Å². The van der Waals surface area contributed by atoms with Gasteiger partial charge in [0.25, 0.3) is 0 Å². The van der Waals surface area contributed by atoms with Gasteiger partial charge in [-0.2, -0.15) is 0 Å². The summed E-state index contributed by atoms with van der Waals surface area (Å²) in [5.74, 6) is -1.59. The quantitative estimate of drug-likeness (QED) is 0.787. The van der Waals surface area contributed by atoms with Crippen LogP contribution in [0.5, 0.6) is 0 Å². The lowest BCUT2D eigenvalue weighted by atomic mass is 10.0. The van der Waals surface area contributed by atoms with E-state index in [1.165, 1.54) is 12.1 Å². The minimum absolute atomic E-state index is 0.101. The summed E-state index contributed by atoms with van der Waals surface area (Å²) in [5.41, 5.74) is 0.454. The van der Waals surface area contributed by atoms with Gasteiger partial charge in [-0.25, -0.2) is 4.39 Å². The molecule has 144 valence electrons. The zero-order chi connectivity index (χ0) is 19.3. The van der Waals surface area contributed by atoms with Gasteiger partial charge < -0.3 is 15.5 Å². The van der Waals surface area contributed by atoms with E-state index in [4.69, 9.17) is 0 Å². The van der Waals surface area contributed by atoms with E-state index in [0.717, 1.165) is 31.7 Å². The summed E-state index contributed by atoms with van der Waals surface area (Å²) in [4.78, 5) is 28.6. The fourth-order valence-corrected chi connectivity index (χ4v) is 2.94. The molecule has 1 saturated heterocycles. The van der Waals surface area contributed by atoms with Crippen LogP contribution in [-0.2, 0) is 9.59 Å². The SMILES string of the molecule is CN1CCN([C@H](CNC(=O)C(=O)NC(C)(C)C)c2ccc(F)cc2)CC1. The van der Waals surface area contributed by atoms with Gasteiger partial charge in [0, 0.05) is 38.3 Å². The Morgan fingerprint density at radius 1 is 1.08 bits per heavy atom. The maximum atomic E-state index is 13.3. The van der Waals surface area contributed by atoms with Crippen molar-refractivity contribution in [3.63, 3.8) is 0 Å². The molecule has 1 fully saturated rings. The zero-order valence-electron chi connectivity index (χ0n) is 16.0. The van der Waals surface area contributed by atoms with Crippen LogP contribution in [0.25, 0.3) is 0 Å². The Morgan fingerprint density at radius 3 is 2.19 bits per heavy atom.